The van der Waals surface area contributed by atoms with E-state index in [1.807, 2.05) is 13.8 Å². The van der Waals surface area contributed by atoms with E-state index in [2.05, 4.69) is 5.10 Å². The van der Waals surface area contributed by atoms with Gasteiger partial charge in [-0.1, -0.05) is 13.8 Å². The van der Waals surface area contributed by atoms with Gasteiger partial charge in [0.15, 0.2) is 0 Å². The van der Waals surface area contributed by atoms with Gasteiger partial charge in [0.25, 0.3) is 0 Å². The van der Waals surface area contributed by atoms with Crippen LogP contribution in [-0.4, -0.2) is 30.2 Å². The molecule has 0 unspecified atom stereocenters. The monoisotopic (exact) mass is 245 g/mol. The molecule has 0 aliphatic heterocycles. The minimum absolute atomic E-state index is 0.101. The topological polar surface area (TPSA) is 78.0 Å². The fourth-order valence-electron chi connectivity index (χ4n) is 1.64. The summed E-state index contributed by atoms with van der Waals surface area (Å²) in [5.41, 5.74) is 8.42. The molecule has 0 aromatic carbocycles. The highest BCUT2D eigenvalue weighted by atomic mass is 32.2. The third-order valence-electron chi connectivity index (χ3n) is 2.52. The van der Waals surface area contributed by atoms with Gasteiger partial charge < -0.3 is 5.73 Å². The number of sulfone groups is 1. The SMILES string of the molecule is CCc1nn(CCS(C)(=O)=O)c(CC)c1N. The number of nitrogens with zero attached hydrogens (tertiary/aromatic N) is 2. The van der Waals surface area contributed by atoms with Crippen LogP contribution in [0, 0.1) is 0 Å². The van der Waals surface area contributed by atoms with Crippen LogP contribution in [0.5, 0.6) is 0 Å². The van der Waals surface area contributed by atoms with Crippen LogP contribution >= 0.6 is 0 Å². The number of anilines is 1. The van der Waals surface area contributed by atoms with Gasteiger partial charge in [0, 0.05) is 6.26 Å². The molecule has 0 spiro atoms. The van der Waals surface area contributed by atoms with Crippen molar-refractivity contribution in [2.45, 2.75) is 33.2 Å². The predicted molar refractivity (Wildman–Crippen MR) is 65.1 cm³/mol. The molecule has 0 atom stereocenters. The van der Waals surface area contributed by atoms with E-state index in [0.717, 1.165) is 24.2 Å². The van der Waals surface area contributed by atoms with Crippen molar-refractivity contribution in [2.24, 2.45) is 0 Å². The molecular weight excluding hydrogens is 226 g/mol. The van der Waals surface area contributed by atoms with Gasteiger partial charge in [0.05, 0.1) is 29.4 Å². The Labute approximate surface area is 96.6 Å². The molecule has 1 heterocycles. The van der Waals surface area contributed by atoms with E-state index in [4.69, 9.17) is 5.73 Å². The van der Waals surface area contributed by atoms with Gasteiger partial charge in [-0.3, -0.25) is 4.68 Å². The lowest BCUT2D eigenvalue weighted by Crippen LogP contribution is -2.14. The zero-order valence-corrected chi connectivity index (χ0v) is 10.8. The third-order valence-corrected chi connectivity index (χ3v) is 3.44. The maximum absolute atomic E-state index is 11.1. The zero-order valence-electron chi connectivity index (χ0n) is 10.0. The second-order valence-corrected chi connectivity index (χ2v) is 6.13. The van der Waals surface area contributed by atoms with Crippen LogP contribution in [-0.2, 0) is 29.2 Å². The largest absolute Gasteiger partial charge is 0.396 e. The lowest BCUT2D eigenvalue weighted by molar-refractivity contribution is 0.577. The van der Waals surface area contributed by atoms with E-state index in [9.17, 15) is 8.42 Å². The van der Waals surface area contributed by atoms with Crippen molar-refractivity contribution in [3.05, 3.63) is 11.4 Å². The molecule has 16 heavy (non-hydrogen) atoms. The molecule has 0 aliphatic carbocycles. The van der Waals surface area contributed by atoms with Gasteiger partial charge in [-0.25, -0.2) is 8.42 Å². The van der Waals surface area contributed by atoms with E-state index in [1.165, 1.54) is 6.26 Å². The summed E-state index contributed by atoms with van der Waals surface area (Å²) in [6, 6.07) is 0. The zero-order chi connectivity index (χ0) is 12.3. The highest BCUT2D eigenvalue weighted by Crippen LogP contribution is 2.18. The summed E-state index contributed by atoms with van der Waals surface area (Å²) in [4.78, 5) is 0. The summed E-state index contributed by atoms with van der Waals surface area (Å²) in [6.45, 7) is 4.36. The number of nitrogens with two attached hydrogens (primary N) is 1. The van der Waals surface area contributed by atoms with Crippen molar-refractivity contribution in [1.29, 1.82) is 0 Å². The van der Waals surface area contributed by atoms with Crippen molar-refractivity contribution in [3.63, 3.8) is 0 Å². The Morgan fingerprint density at radius 1 is 1.31 bits per heavy atom. The van der Waals surface area contributed by atoms with Gasteiger partial charge in [-0.05, 0) is 12.8 Å². The van der Waals surface area contributed by atoms with Crippen LogP contribution < -0.4 is 5.73 Å². The number of nitrogen functional groups attached to an aromatic ring is 1. The second-order valence-electron chi connectivity index (χ2n) is 3.87. The summed E-state index contributed by atoms with van der Waals surface area (Å²) < 4.78 is 23.9. The van der Waals surface area contributed by atoms with Gasteiger partial charge in [-0.15, -0.1) is 0 Å². The Kier molecular flexibility index (Phi) is 3.96. The molecule has 5 nitrogen and oxygen atoms in total. The molecule has 2 N–H and O–H groups in total. The Balaban J connectivity index is 2.95. The van der Waals surface area contributed by atoms with E-state index in [-0.39, 0.29) is 5.75 Å². The van der Waals surface area contributed by atoms with Crippen LogP contribution in [0.4, 0.5) is 5.69 Å². The summed E-state index contributed by atoms with van der Waals surface area (Å²) in [5.74, 6) is 0.101. The molecule has 1 rings (SSSR count). The predicted octanol–water partition coefficient (Wildman–Crippen LogP) is 0.635. The molecule has 0 amide bonds. The summed E-state index contributed by atoms with van der Waals surface area (Å²) >= 11 is 0. The smallest absolute Gasteiger partial charge is 0.149 e. The van der Waals surface area contributed by atoms with Crippen molar-refractivity contribution in [3.8, 4) is 0 Å². The summed E-state index contributed by atoms with van der Waals surface area (Å²) in [7, 11) is -2.96. The molecule has 0 saturated heterocycles. The Morgan fingerprint density at radius 2 is 1.94 bits per heavy atom. The van der Waals surface area contributed by atoms with Crippen LogP contribution in [0.25, 0.3) is 0 Å². The number of aromatic nitrogens is 2. The number of hydrogen-bond donors (Lipinski definition) is 1. The molecule has 0 fully saturated rings. The number of aryl methyl sites for hydroxylation is 2. The molecule has 0 bridgehead atoms. The molecule has 0 aliphatic rings. The van der Waals surface area contributed by atoms with Crippen LogP contribution in [0.2, 0.25) is 0 Å². The quantitative estimate of drug-likeness (QED) is 0.825. The standard InChI is InChI=1S/C10H19N3O2S/c1-4-8-10(11)9(5-2)13(12-8)6-7-16(3,14)15/h4-7,11H2,1-3H3. The third kappa shape index (κ3) is 2.98. The highest BCUT2D eigenvalue weighted by Gasteiger charge is 2.13. The first kappa shape index (κ1) is 13.0. The molecular formula is C10H19N3O2S. The van der Waals surface area contributed by atoms with Crippen molar-refractivity contribution in [2.75, 3.05) is 17.7 Å². The van der Waals surface area contributed by atoms with E-state index in [0.29, 0.717) is 12.2 Å². The van der Waals surface area contributed by atoms with Crippen molar-refractivity contribution >= 4 is 15.5 Å². The van der Waals surface area contributed by atoms with Crippen LogP contribution in [0.15, 0.2) is 0 Å². The first-order chi connectivity index (χ1) is 7.39. The minimum atomic E-state index is -2.96. The molecule has 6 heteroatoms. The van der Waals surface area contributed by atoms with Gasteiger partial charge >= 0.3 is 0 Å². The number of hydrogen-bond acceptors (Lipinski definition) is 4. The Bertz CT molecular complexity index is 463. The average Bonchev–Trinajstić information content (AvgIpc) is 2.50. The van der Waals surface area contributed by atoms with Gasteiger partial charge in [-0.2, -0.15) is 5.10 Å². The maximum atomic E-state index is 11.1. The lowest BCUT2D eigenvalue weighted by Gasteiger charge is -2.04. The first-order valence-electron chi connectivity index (χ1n) is 5.40. The fourth-order valence-corrected chi connectivity index (χ4v) is 2.14. The van der Waals surface area contributed by atoms with Crippen LogP contribution in [0.1, 0.15) is 25.2 Å². The van der Waals surface area contributed by atoms with Gasteiger partial charge in [0.2, 0.25) is 0 Å². The normalized spacial score (nSPS) is 11.9. The number of rotatable bonds is 5. The van der Waals surface area contributed by atoms with Crippen molar-refractivity contribution < 1.29 is 8.42 Å². The molecule has 1 aromatic heterocycles. The highest BCUT2D eigenvalue weighted by molar-refractivity contribution is 7.90. The Hall–Kier alpha value is -1.04. The van der Waals surface area contributed by atoms with E-state index in [1.54, 1.807) is 4.68 Å². The van der Waals surface area contributed by atoms with E-state index >= 15 is 0 Å². The Morgan fingerprint density at radius 3 is 2.38 bits per heavy atom. The summed E-state index contributed by atoms with van der Waals surface area (Å²) in [5, 5.41) is 4.33. The summed E-state index contributed by atoms with van der Waals surface area (Å²) in [6.07, 6.45) is 2.76. The second kappa shape index (κ2) is 4.86. The molecule has 0 radical (unpaired) electrons. The fraction of sp³-hybridized carbons (Fsp3) is 0.700. The van der Waals surface area contributed by atoms with Crippen molar-refractivity contribution in [1.82, 2.24) is 9.78 Å². The maximum Gasteiger partial charge on any atom is 0.149 e. The molecule has 0 saturated carbocycles. The van der Waals surface area contributed by atoms with E-state index < -0.39 is 9.84 Å². The van der Waals surface area contributed by atoms with Crippen LogP contribution in [0.3, 0.4) is 0 Å². The molecule has 1 aromatic rings. The lowest BCUT2D eigenvalue weighted by atomic mass is 10.2. The average molecular weight is 245 g/mol. The molecule has 92 valence electrons. The van der Waals surface area contributed by atoms with Gasteiger partial charge in [0.1, 0.15) is 9.84 Å². The minimum Gasteiger partial charge on any atom is -0.396 e. The first-order valence-corrected chi connectivity index (χ1v) is 7.46.